The Hall–Kier alpha value is -3.60. The maximum absolute atomic E-state index is 12.7. The lowest BCUT2D eigenvalue weighted by molar-refractivity contribution is -0.178. The smallest absolute Gasteiger partial charge is 0.313 e. The van der Waals surface area contributed by atoms with Gasteiger partial charge in [-0.2, -0.15) is 10.4 Å². The lowest BCUT2D eigenvalue weighted by Gasteiger charge is -2.25. The van der Waals surface area contributed by atoms with Crippen LogP contribution in [0.25, 0.3) is 5.52 Å². The van der Waals surface area contributed by atoms with Crippen LogP contribution in [0.2, 0.25) is 0 Å². The quantitative estimate of drug-likeness (QED) is 0.286. The van der Waals surface area contributed by atoms with Gasteiger partial charge in [-0.05, 0) is 58.1 Å². The molecule has 1 saturated heterocycles. The zero-order chi connectivity index (χ0) is 31.2. The first-order valence-electron chi connectivity index (χ1n) is 14.8. The summed E-state index contributed by atoms with van der Waals surface area (Å²) in [4.78, 5) is 41.4. The second-order valence-electron chi connectivity index (χ2n) is 12.2. The molecule has 1 aliphatic heterocycles. The van der Waals surface area contributed by atoms with Gasteiger partial charge in [0.1, 0.15) is 42.8 Å². The Kier molecular flexibility index (Phi) is 10.4. The number of anilines is 1. The minimum Gasteiger partial charge on any atom is -0.463 e. The number of nitrogens with one attached hydrogen (secondary N) is 1. The molecule has 3 heterocycles. The average Bonchev–Trinajstić information content (AvgIpc) is 3.52. The molecule has 2 fully saturated rings. The number of aromatic nitrogens is 3. The van der Waals surface area contributed by atoms with Crippen LogP contribution in [0.15, 0.2) is 18.5 Å². The molecule has 4 rings (SSSR count). The van der Waals surface area contributed by atoms with E-state index in [4.69, 9.17) is 18.9 Å². The van der Waals surface area contributed by atoms with Crippen LogP contribution in [-0.2, 0) is 38.9 Å². The fraction of sp³-hybridized carbons (Fsp3) is 0.667. The Labute approximate surface area is 250 Å². The number of ether oxygens (including phenoxy) is 4. The summed E-state index contributed by atoms with van der Waals surface area (Å²) >= 11 is 0. The molecule has 0 spiro atoms. The number of hydrogen-bond acceptors (Lipinski definition) is 11. The van der Waals surface area contributed by atoms with Crippen molar-refractivity contribution >= 4 is 29.2 Å². The molecule has 13 heteroatoms. The highest BCUT2D eigenvalue weighted by atomic mass is 16.7. The van der Waals surface area contributed by atoms with Gasteiger partial charge >= 0.3 is 11.9 Å². The number of esters is 2. The molecule has 4 atom stereocenters. The van der Waals surface area contributed by atoms with Crippen LogP contribution >= 0.6 is 0 Å². The third-order valence-corrected chi connectivity index (χ3v) is 7.82. The number of aliphatic hydroxyl groups is 1. The van der Waals surface area contributed by atoms with E-state index in [0.717, 1.165) is 25.7 Å². The number of carbonyl (C=O) groups is 3. The summed E-state index contributed by atoms with van der Waals surface area (Å²) in [5.41, 5.74) is -2.26. The molecule has 1 saturated carbocycles. The second kappa shape index (κ2) is 13.8. The second-order valence-corrected chi connectivity index (χ2v) is 12.2. The lowest BCUT2D eigenvalue weighted by Crippen LogP contribution is -2.43. The van der Waals surface area contributed by atoms with Gasteiger partial charge in [0.15, 0.2) is 12.6 Å². The van der Waals surface area contributed by atoms with Crippen LogP contribution in [0.3, 0.4) is 0 Å². The molecule has 13 nitrogen and oxygen atoms in total. The van der Waals surface area contributed by atoms with Crippen molar-refractivity contribution in [3.05, 3.63) is 24.2 Å². The van der Waals surface area contributed by atoms with E-state index in [-0.39, 0.29) is 36.4 Å². The van der Waals surface area contributed by atoms with Gasteiger partial charge in [0.05, 0.1) is 11.1 Å². The van der Waals surface area contributed by atoms with Gasteiger partial charge in [0, 0.05) is 12.8 Å². The van der Waals surface area contributed by atoms with Gasteiger partial charge in [0.25, 0.3) is 0 Å². The highest BCUT2D eigenvalue weighted by molar-refractivity contribution is 5.93. The summed E-state index contributed by atoms with van der Waals surface area (Å²) in [7, 11) is 0. The molecule has 0 aromatic carbocycles. The summed E-state index contributed by atoms with van der Waals surface area (Å²) in [6, 6.07) is 5.21. The number of rotatable bonds is 11. The number of fused-ring (bicyclic) bond motifs is 1. The molecule has 2 aromatic rings. The molecule has 1 amide bonds. The van der Waals surface area contributed by atoms with Crippen LogP contribution in [0.1, 0.15) is 84.8 Å². The Balaban J connectivity index is 1.58. The maximum atomic E-state index is 12.7. The Morgan fingerprint density at radius 1 is 1.21 bits per heavy atom. The van der Waals surface area contributed by atoms with Gasteiger partial charge in [-0.25, -0.2) is 9.50 Å². The van der Waals surface area contributed by atoms with Crippen LogP contribution in [0.4, 0.5) is 5.82 Å². The van der Waals surface area contributed by atoms with E-state index >= 15 is 0 Å². The molecule has 0 radical (unpaired) electrons. The molecule has 2 aliphatic rings. The predicted molar refractivity (Wildman–Crippen MR) is 152 cm³/mol. The average molecular weight is 600 g/mol. The largest absolute Gasteiger partial charge is 0.463 e. The summed E-state index contributed by atoms with van der Waals surface area (Å²) in [6.45, 7) is 6.15. The monoisotopic (exact) mass is 599 g/mol. The van der Waals surface area contributed by atoms with Crippen molar-refractivity contribution in [2.45, 2.75) is 103 Å². The summed E-state index contributed by atoms with van der Waals surface area (Å²) in [6.07, 6.45) is 3.85. The normalized spacial score (nSPS) is 24.4. The van der Waals surface area contributed by atoms with Crippen molar-refractivity contribution in [3.8, 4) is 6.07 Å². The van der Waals surface area contributed by atoms with Crippen molar-refractivity contribution in [2.24, 2.45) is 11.3 Å². The number of nitriles is 1. The van der Waals surface area contributed by atoms with Crippen molar-refractivity contribution in [2.75, 3.05) is 18.7 Å². The molecule has 2 N–H and O–H groups in total. The van der Waals surface area contributed by atoms with Gasteiger partial charge < -0.3 is 29.4 Å². The SMILES string of the molecule is CCCC(=O)Nc1ncnn2c([C@]3(C#N)O[C@H](COC(=O)CC4CCCCC4)[C@@H](OCOC(=O)C(C)(C)C)[C@H]3O)ccc12. The standard InChI is InChI=1S/C30H41N5O8/c1-5-9-23(36)34-27-20-12-13-22(35(20)33-17-32-27)30(16-31)26(38)25(41-18-42-28(39)29(2,3)4)21(43-30)15-40-24(37)14-19-10-7-6-8-11-19/h12-13,17,19,21,25-26,38H,5-11,14-15,18H2,1-4H3,(H,32,33,34,36)/t21-,25-,26-,30+/m1/s1. The molecule has 43 heavy (non-hydrogen) atoms. The van der Waals surface area contributed by atoms with E-state index in [1.165, 1.54) is 17.3 Å². The minimum absolute atomic E-state index is 0.155. The molecular weight excluding hydrogens is 558 g/mol. The number of carbonyl (C=O) groups excluding carboxylic acids is 3. The van der Waals surface area contributed by atoms with Crippen LogP contribution in [-0.4, -0.2) is 69.3 Å². The van der Waals surface area contributed by atoms with Crippen molar-refractivity contribution < 1.29 is 38.4 Å². The Bertz CT molecular complexity index is 1340. The van der Waals surface area contributed by atoms with E-state index in [9.17, 15) is 24.8 Å². The fourth-order valence-electron chi connectivity index (χ4n) is 5.48. The van der Waals surface area contributed by atoms with E-state index in [0.29, 0.717) is 18.4 Å². The molecule has 0 bridgehead atoms. The predicted octanol–water partition coefficient (Wildman–Crippen LogP) is 3.39. The summed E-state index contributed by atoms with van der Waals surface area (Å²) in [5, 5.41) is 29.0. The highest BCUT2D eigenvalue weighted by Crippen LogP contribution is 2.42. The van der Waals surface area contributed by atoms with Crippen LogP contribution in [0.5, 0.6) is 0 Å². The van der Waals surface area contributed by atoms with Gasteiger partial charge in [0.2, 0.25) is 11.5 Å². The first-order valence-corrected chi connectivity index (χ1v) is 14.8. The van der Waals surface area contributed by atoms with Gasteiger partial charge in [-0.1, -0.05) is 26.2 Å². The first kappa shape index (κ1) is 32.3. The van der Waals surface area contributed by atoms with Crippen molar-refractivity contribution in [3.63, 3.8) is 0 Å². The zero-order valence-electron chi connectivity index (χ0n) is 25.2. The third kappa shape index (κ3) is 7.31. The van der Waals surface area contributed by atoms with E-state index in [1.807, 2.05) is 6.92 Å². The van der Waals surface area contributed by atoms with E-state index in [1.54, 1.807) is 32.9 Å². The maximum Gasteiger partial charge on any atom is 0.313 e. The Morgan fingerprint density at radius 3 is 2.63 bits per heavy atom. The van der Waals surface area contributed by atoms with E-state index in [2.05, 4.69) is 21.5 Å². The van der Waals surface area contributed by atoms with Gasteiger partial charge in [-0.3, -0.25) is 14.4 Å². The molecule has 2 aromatic heterocycles. The number of hydrogen-bond donors (Lipinski definition) is 2. The minimum atomic E-state index is -2.01. The first-order chi connectivity index (χ1) is 20.5. The van der Waals surface area contributed by atoms with Crippen molar-refractivity contribution in [1.29, 1.82) is 5.26 Å². The Morgan fingerprint density at radius 2 is 1.95 bits per heavy atom. The summed E-state index contributed by atoms with van der Waals surface area (Å²) < 4.78 is 24.1. The van der Waals surface area contributed by atoms with Crippen LogP contribution < -0.4 is 5.32 Å². The van der Waals surface area contributed by atoms with Crippen LogP contribution in [0, 0.1) is 22.7 Å². The van der Waals surface area contributed by atoms with Gasteiger partial charge in [-0.15, -0.1) is 0 Å². The number of aliphatic hydroxyl groups excluding tert-OH is 1. The fourth-order valence-corrected chi connectivity index (χ4v) is 5.48. The number of nitrogens with zero attached hydrogens (tertiary/aromatic N) is 4. The topological polar surface area (TPSA) is 174 Å². The van der Waals surface area contributed by atoms with E-state index < -0.39 is 48.1 Å². The molecule has 0 unspecified atom stereocenters. The molecular formula is C30H41N5O8. The molecule has 1 aliphatic carbocycles. The molecule has 234 valence electrons. The zero-order valence-corrected chi connectivity index (χ0v) is 25.2. The lowest BCUT2D eigenvalue weighted by atomic mass is 9.87. The van der Waals surface area contributed by atoms with Crippen molar-refractivity contribution in [1.82, 2.24) is 14.6 Å². The third-order valence-electron chi connectivity index (χ3n) is 7.82. The summed E-state index contributed by atoms with van der Waals surface area (Å²) in [5.74, 6) is -0.653. The number of amides is 1. The highest BCUT2D eigenvalue weighted by Gasteiger charge is 2.59.